The number of aliphatic hydroxyl groups excluding tert-OH is 1. The maximum absolute atomic E-state index is 11.4. The fourth-order valence-electron chi connectivity index (χ4n) is 1.23. The highest BCUT2D eigenvalue weighted by molar-refractivity contribution is 9.10. The molecule has 5 heteroatoms. The van der Waals surface area contributed by atoms with E-state index >= 15 is 0 Å². The Morgan fingerprint density at radius 3 is 2.81 bits per heavy atom. The largest absolute Gasteiger partial charge is 0.462 e. The summed E-state index contributed by atoms with van der Waals surface area (Å²) in [4.78, 5) is 11.4. The number of rotatable bonds is 3. The summed E-state index contributed by atoms with van der Waals surface area (Å²) in [5, 5.41) is 17.9. The normalized spacial score (nSPS) is 9.62. The molecule has 0 aromatic heterocycles. The van der Waals surface area contributed by atoms with Crippen LogP contribution >= 0.6 is 15.9 Å². The number of benzene rings is 1. The highest BCUT2D eigenvalue weighted by Crippen LogP contribution is 2.23. The first kappa shape index (κ1) is 12.7. The Bertz CT molecular complexity index is 451. The lowest BCUT2D eigenvalue weighted by Gasteiger charge is -2.07. The van der Waals surface area contributed by atoms with Gasteiger partial charge in [-0.25, -0.2) is 4.79 Å². The van der Waals surface area contributed by atoms with E-state index in [1.54, 1.807) is 6.92 Å². The van der Waals surface area contributed by atoms with Crippen molar-refractivity contribution in [3.8, 4) is 6.07 Å². The van der Waals surface area contributed by atoms with Crippen molar-refractivity contribution in [1.82, 2.24) is 0 Å². The van der Waals surface area contributed by atoms with Gasteiger partial charge in [0, 0.05) is 10.0 Å². The van der Waals surface area contributed by atoms with Crippen LogP contribution in [-0.4, -0.2) is 17.7 Å². The maximum atomic E-state index is 11.4. The molecule has 0 saturated heterocycles. The molecule has 0 aliphatic carbocycles. The molecule has 0 atom stereocenters. The molecule has 0 radical (unpaired) electrons. The van der Waals surface area contributed by atoms with Gasteiger partial charge in [-0.05, 0) is 19.1 Å². The second kappa shape index (κ2) is 5.64. The van der Waals surface area contributed by atoms with Gasteiger partial charge in [0.2, 0.25) is 0 Å². The Balaban J connectivity index is 3.21. The number of ether oxygens (including phenoxy) is 1. The number of nitriles is 1. The topological polar surface area (TPSA) is 70.3 Å². The van der Waals surface area contributed by atoms with Crippen molar-refractivity contribution in [1.29, 1.82) is 5.26 Å². The molecule has 0 unspecified atom stereocenters. The number of esters is 1. The van der Waals surface area contributed by atoms with Crippen LogP contribution in [0.3, 0.4) is 0 Å². The minimum atomic E-state index is -0.482. The summed E-state index contributed by atoms with van der Waals surface area (Å²) in [5.41, 5.74) is 1.03. The molecule has 1 rings (SSSR count). The van der Waals surface area contributed by atoms with Gasteiger partial charge in [0.1, 0.15) is 0 Å². The zero-order valence-corrected chi connectivity index (χ0v) is 10.2. The smallest absolute Gasteiger partial charge is 0.338 e. The van der Waals surface area contributed by atoms with Crippen LogP contribution in [0.5, 0.6) is 0 Å². The molecule has 84 valence electrons. The summed E-state index contributed by atoms with van der Waals surface area (Å²) in [5.74, 6) is -0.482. The molecule has 0 heterocycles. The third-order valence-electron chi connectivity index (χ3n) is 1.99. The van der Waals surface area contributed by atoms with Crippen LogP contribution < -0.4 is 0 Å². The molecule has 0 bridgehead atoms. The van der Waals surface area contributed by atoms with Gasteiger partial charge in [-0.3, -0.25) is 0 Å². The molecule has 4 nitrogen and oxygen atoms in total. The van der Waals surface area contributed by atoms with Gasteiger partial charge < -0.3 is 9.84 Å². The number of nitrogens with zero attached hydrogens (tertiary/aromatic N) is 1. The average molecular weight is 284 g/mol. The van der Waals surface area contributed by atoms with E-state index in [9.17, 15) is 4.79 Å². The first-order valence-electron chi connectivity index (χ1n) is 4.64. The Morgan fingerprint density at radius 1 is 1.62 bits per heavy atom. The van der Waals surface area contributed by atoms with Crippen LogP contribution in [0.1, 0.15) is 28.4 Å². The third-order valence-corrected chi connectivity index (χ3v) is 2.69. The first-order chi connectivity index (χ1) is 7.63. The monoisotopic (exact) mass is 283 g/mol. The van der Waals surface area contributed by atoms with Crippen LogP contribution in [0.25, 0.3) is 0 Å². The van der Waals surface area contributed by atoms with E-state index in [0.717, 1.165) is 0 Å². The highest BCUT2D eigenvalue weighted by atomic mass is 79.9. The standard InChI is InChI=1S/C11H10BrNO3/c1-2-16-11(15)7-3-8(5-13)9(6-14)10(12)4-7/h3-4,14H,2,6H2,1H3. The summed E-state index contributed by atoms with van der Waals surface area (Å²) >= 11 is 3.20. The van der Waals surface area contributed by atoms with Gasteiger partial charge in [0.15, 0.2) is 0 Å². The fraction of sp³-hybridized carbons (Fsp3) is 0.273. The molecule has 1 aromatic carbocycles. The average Bonchev–Trinajstić information content (AvgIpc) is 2.28. The Kier molecular flexibility index (Phi) is 4.47. The summed E-state index contributed by atoms with van der Waals surface area (Å²) in [6, 6.07) is 4.87. The fourth-order valence-corrected chi connectivity index (χ4v) is 1.81. The molecular weight excluding hydrogens is 274 g/mol. The highest BCUT2D eigenvalue weighted by Gasteiger charge is 2.13. The first-order valence-corrected chi connectivity index (χ1v) is 5.43. The maximum Gasteiger partial charge on any atom is 0.338 e. The minimum absolute atomic E-state index is 0.257. The van der Waals surface area contributed by atoms with E-state index < -0.39 is 5.97 Å². The Labute approximate surface area is 102 Å². The molecule has 0 aliphatic heterocycles. The molecule has 0 amide bonds. The minimum Gasteiger partial charge on any atom is -0.462 e. The van der Waals surface area contributed by atoms with E-state index in [4.69, 9.17) is 15.1 Å². The van der Waals surface area contributed by atoms with Crippen molar-refractivity contribution in [2.75, 3.05) is 6.61 Å². The summed E-state index contributed by atoms with van der Waals surface area (Å²) in [6.07, 6.45) is 0. The second-order valence-corrected chi connectivity index (χ2v) is 3.83. The van der Waals surface area contributed by atoms with Crippen LogP contribution in [0, 0.1) is 11.3 Å². The van der Waals surface area contributed by atoms with Gasteiger partial charge in [-0.15, -0.1) is 0 Å². The molecule has 0 spiro atoms. The predicted molar refractivity (Wildman–Crippen MR) is 60.7 cm³/mol. The molecule has 0 saturated carbocycles. The van der Waals surface area contributed by atoms with Gasteiger partial charge in [0.25, 0.3) is 0 Å². The second-order valence-electron chi connectivity index (χ2n) is 2.97. The third kappa shape index (κ3) is 2.60. The Hall–Kier alpha value is -1.38. The van der Waals surface area contributed by atoms with E-state index in [1.165, 1.54) is 12.1 Å². The van der Waals surface area contributed by atoms with Gasteiger partial charge in [-0.1, -0.05) is 15.9 Å². The van der Waals surface area contributed by atoms with Crippen molar-refractivity contribution in [3.05, 3.63) is 33.3 Å². The lowest BCUT2D eigenvalue weighted by atomic mass is 10.1. The van der Waals surface area contributed by atoms with Crippen LogP contribution in [-0.2, 0) is 11.3 Å². The zero-order valence-electron chi connectivity index (χ0n) is 8.66. The summed E-state index contributed by atoms with van der Waals surface area (Å²) in [7, 11) is 0. The van der Waals surface area contributed by atoms with Crippen molar-refractivity contribution in [2.45, 2.75) is 13.5 Å². The van der Waals surface area contributed by atoms with Crippen LogP contribution in [0.15, 0.2) is 16.6 Å². The van der Waals surface area contributed by atoms with E-state index in [2.05, 4.69) is 15.9 Å². The van der Waals surface area contributed by atoms with Crippen LogP contribution in [0.2, 0.25) is 0 Å². The van der Waals surface area contributed by atoms with Crippen molar-refractivity contribution < 1.29 is 14.6 Å². The SMILES string of the molecule is CCOC(=O)c1cc(Br)c(CO)c(C#N)c1. The summed E-state index contributed by atoms with van der Waals surface area (Å²) < 4.78 is 5.35. The zero-order chi connectivity index (χ0) is 12.1. The molecular formula is C11H10BrNO3. The van der Waals surface area contributed by atoms with E-state index in [1.807, 2.05) is 6.07 Å². The quantitative estimate of drug-likeness (QED) is 0.862. The predicted octanol–water partition coefficient (Wildman–Crippen LogP) is 1.99. The summed E-state index contributed by atoms with van der Waals surface area (Å²) in [6.45, 7) is 1.73. The van der Waals surface area contributed by atoms with Crippen LogP contribution in [0.4, 0.5) is 0 Å². The molecule has 0 fully saturated rings. The lowest BCUT2D eigenvalue weighted by molar-refractivity contribution is 0.0526. The number of halogens is 1. The van der Waals surface area contributed by atoms with Gasteiger partial charge in [-0.2, -0.15) is 5.26 Å². The number of aliphatic hydroxyl groups is 1. The number of carbonyl (C=O) groups excluding carboxylic acids is 1. The molecule has 1 N–H and O–H groups in total. The number of hydrogen-bond donors (Lipinski definition) is 1. The molecule has 16 heavy (non-hydrogen) atoms. The van der Waals surface area contributed by atoms with E-state index in [0.29, 0.717) is 15.6 Å². The number of hydrogen-bond acceptors (Lipinski definition) is 4. The lowest BCUT2D eigenvalue weighted by Crippen LogP contribution is -2.06. The molecule has 0 aliphatic rings. The van der Waals surface area contributed by atoms with E-state index in [-0.39, 0.29) is 18.8 Å². The molecule has 1 aromatic rings. The number of carbonyl (C=O) groups is 1. The van der Waals surface area contributed by atoms with Crippen molar-refractivity contribution in [3.63, 3.8) is 0 Å². The van der Waals surface area contributed by atoms with Crippen molar-refractivity contribution >= 4 is 21.9 Å². The van der Waals surface area contributed by atoms with Gasteiger partial charge >= 0.3 is 5.97 Å². The Morgan fingerprint density at radius 2 is 2.31 bits per heavy atom. The van der Waals surface area contributed by atoms with Gasteiger partial charge in [0.05, 0.1) is 30.4 Å². The van der Waals surface area contributed by atoms with Crippen molar-refractivity contribution in [2.24, 2.45) is 0 Å².